The van der Waals surface area contributed by atoms with E-state index in [2.05, 4.69) is 41.3 Å². The minimum Gasteiger partial charge on any atom is -0.489 e. The zero-order valence-corrected chi connectivity index (χ0v) is 26.0. The van der Waals surface area contributed by atoms with E-state index in [1.807, 2.05) is 60.7 Å². The number of methoxy groups -OCH3 is 2. The van der Waals surface area contributed by atoms with Crippen LogP contribution in [0.5, 0.6) is 11.5 Å². The number of esters is 2. The van der Waals surface area contributed by atoms with Crippen LogP contribution >= 0.6 is 31.9 Å². The highest BCUT2D eigenvalue weighted by Crippen LogP contribution is 2.30. The Kier molecular flexibility index (Phi) is 12.7. The zero-order valence-electron chi connectivity index (χ0n) is 22.8. The molecule has 0 heterocycles. The second kappa shape index (κ2) is 16.5. The average Bonchev–Trinajstić information content (AvgIpc) is 3.03. The highest BCUT2D eigenvalue weighted by molar-refractivity contribution is 9.10. The molecule has 0 saturated carbocycles. The number of aliphatic hydroxyl groups is 1. The number of Topliss-reactive ketones (excluding diaryl/α,β-unsaturated/α-hetero) is 1. The lowest BCUT2D eigenvalue weighted by Gasteiger charge is -2.15. The van der Waals surface area contributed by atoms with E-state index in [0.29, 0.717) is 34.7 Å². The molecule has 8 nitrogen and oxygen atoms in total. The predicted octanol–water partition coefficient (Wildman–Crippen LogP) is 6.62. The Morgan fingerprint density at radius 3 is 1.71 bits per heavy atom. The van der Waals surface area contributed by atoms with E-state index in [4.69, 9.17) is 9.47 Å². The van der Waals surface area contributed by atoms with Crippen LogP contribution in [-0.4, -0.2) is 37.0 Å². The van der Waals surface area contributed by atoms with Crippen molar-refractivity contribution in [3.63, 3.8) is 0 Å². The highest BCUT2D eigenvalue weighted by atomic mass is 79.9. The molecule has 0 aliphatic heterocycles. The molecule has 218 valence electrons. The number of carbonyl (C=O) groups is 3. The molecule has 4 rings (SSSR count). The lowest BCUT2D eigenvalue weighted by atomic mass is 10.1. The summed E-state index contributed by atoms with van der Waals surface area (Å²) in [5.74, 6) is -1.59. The first-order chi connectivity index (χ1) is 20.2. The van der Waals surface area contributed by atoms with E-state index in [0.717, 1.165) is 15.6 Å². The van der Waals surface area contributed by atoms with Crippen molar-refractivity contribution < 1.29 is 38.4 Å². The Balaban J connectivity index is 0.000000230. The number of rotatable bonds is 10. The molecule has 4 aromatic rings. The van der Waals surface area contributed by atoms with Gasteiger partial charge in [-0.2, -0.15) is 0 Å². The van der Waals surface area contributed by atoms with Crippen molar-refractivity contribution >= 4 is 49.6 Å². The van der Waals surface area contributed by atoms with E-state index in [1.54, 1.807) is 36.4 Å². The number of aliphatic hydroxyl groups excluding tert-OH is 1. The van der Waals surface area contributed by atoms with Crippen LogP contribution in [0.1, 0.15) is 33.2 Å². The van der Waals surface area contributed by atoms with E-state index in [-0.39, 0.29) is 5.56 Å². The summed E-state index contributed by atoms with van der Waals surface area (Å²) in [6.07, 6.45) is -1.38. The van der Waals surface area contributed by atoms with E-state index >= 15 is 0 Å². The summed E-state index contributed by atoms with van der Waals surface area (Å²) >= 11 is 6.58. The summed E-state index contributed by atoms with van der Waals surface area (Å²) in [5.41, 5.74) is 2.51. The third-order valence-corrected chi connectivity index (χ3v) is 6.71. The number of benzene rings is 4. The monoisotopic (exact) mass is 698 g/mol. The molecule has 42 heavy (non-hydrogen) atoms. The van der Waals surface area contributed by atoms with E-state index in [1.165, 1.54) is 14.2 Å². The first-order valence-electron chi connectivity index (χ1n) is 12.5. The van der Waals surface area contributed by atoms with Crippen LogP contribution in [0.15, 0.2) is 106 Å². The Bertz CT molecular complexity index is 1490. The topological polar surface area (TPSA) is 108 Å². The molecule has 1 N–H and O–H groups in total. The molecule has 1 unspecified atom stereocenters. The van der Waals surface area contributed by atoms with Crippen LogP contribution in [-0.2, 0) is 32.3 Å². The van der Waals surface area contributed by atoms with Gasteiger partial charge in [-0.3, -0.25) is 4.79 Å². The largest absolute Gasteiger partial charge is 0.489 e. The van der Waals surface area contributed by atoms with Gasteiger partial charge in [0.2, 0.25) is 0 Å². The standard InChI is InChI=1S/C16H15BrO4.C16H13BrO4/c2*1-20-16(19)15(18)13-9-12(17)7-8-14(13)21-10-11-5-3-2-4-6-11/h2-9,15,18H,10H2,1H3;2-9H,10H2,1H3. The van der Waals surface area contributed by atoms with Gasteiger partial charge in [-0.25, -0.2) is 9.59 Å². The van der Waals surface area contributed by atoms with Gasteiger partial charge in [0.05, 0.1) is 19.8 Å². The molecule has 10 heteroatoms. The molecule has 0 bridgehead atoms. The summed E-state index contributed by atoms with van der Waals surface area (Å²) in [6.45, 7) is 0.660. The second-order valence-corrected chi connectivity index (χ2v) is 10.4. The van der Waals surface area contributed by atoms with Crippen molar-refractivity contribution in [3.8, 4) is 11.5 Å². The normalized spacial score (nSPS) is 10.9. The van der Waals surface area contributed by atoms with Gasteiger partial charge in [-0.1, -0.05) is 92.5 Å². The molecule has 0 radical (unpaired) electrons. The maximum Gasteiger partial charge on any atom is 0.379 e. The van der Waals surface area contributed by atoms with Crippen LogP contribution < -0.4 is 9.47 Å². The molecule has 0 amide bonds. The molecule has 0 aromatic heterocycles. The number of ketones is 1. The fraction of sp³-hybridized carbons (Fsp3) is 0.156. The Labute approximate surface area is 260 Å². The molecule has 0 saturated heterocycles. The van der Waals surface area contributed by atoms with Crippen LogP contribution in [0, 0.1) is 0 Å². The van der Waals surface area contributed by atoms with Gasteiger partial charge in [0, 0.05) is 14.5 Å². The maximum atomic E-state index is 12.0. The SMILES string of the molecule is COC(=O)C(=O)c1cc(Br)ccc1OCc1ccccc1.COC(=O)C(O)c1cc(Br)ccc1OCc1ccccc1. The molecule has 0 aliphatic rings. The number of carbonyl (C=O) groups excluding carboxylic acids is 3. The predicted molar refractivity (Wildman–Crippen MR) is 163 cm³/mol. The molecule has 0 aliphatic carbocycles. The summed E-state index contributed by atoms with van der Waals surface area (Å²) in [4.78, 5) is 34.9. The van der Waals surface area contributed by atoms with Crippen LogP contribution in [0.2, 0.25) is 0 Å². The van der Waals surface area contributed by atoms with Crippen molar-refractivity contribution in [3.05, 3.63) is 128 Å². The minimum atomic E-state index is -1.38. The van der Waals surface area contributed by atoms with Crippen molar-refractivity contribution in [2.45, 2.75) is 19.3 Å². The van der Waals surface area contributed by atoms with Gasteiger partial charge in [-0.05, 0) is 47.5 Å². The zero-order chi connectivity index (χ0) is 30.5. The Morgan fingerprint density at radius 1 is 0.690 bits per heavy atom. The average molecular weight is 700 g/mol. The van der Waals surface area contributed by atoms with Gasteiger partial charge < -0.3 is 24.1 Å². The first kappa shape index (κ1) is 32.5. The smallest absolute Gasteiger partial charge is 0.379 e. The van der Waals surface area contributed by atoms with Gasteiger partial charge in [0.25, 0.3) is 5.78 Å². The van der Waals surface area contributed by atoms with E-state index in [9.17, 15) is 19.5 Å². The van der Waals surface area contributed by atoms with Gasteiger partial charge in [-0.15, -0.1) is 0 Å². The third kappa shape index (κ3) is 9.54. The molecular weight excluding hydrogens is 672 g/mol. The first-order valence-corrected chi connectivity index (χ1v) is 14.1. The van der Waals surface area contributed by atoms with Gasteiger partial charge in [0.15, 0.2) is 6.10 Å². The second-order valence-electron chi connectivity index (χ2n) is 8.62. The van der Waals surface area contributed by atoms with Gasteiger partial charge in [0.1, 0.15) is 24.7 Å². The van der Waals surface area contributed by atoms with Gasteiger partial charge >= 0.3 is 11.9 Å². The summed E-state index contributed by atoms with van der Waals surface area (Å²) in [5, 5.41) is 10.0. The van der Waals surface area contributed by atoms with Crippen molar-refractivity contribution in [2.24, 2.45) is 0 Å². The molecular formula is C32H28Br2O8. The van der Waals surface area contributed by atoms with Crippen LogP contribution in [0.25, 0.3) is 0 Å². The number of halogens is 2. The fourth-order valence-electron chi connectivity index (χ4n) is 3.58. The quantitative estimate of drug-likeness (QED) is 0.112. The fourth-order valence-corrected chi connectivity index (χ4v) is 4.32. The van der Waals surface area contributed by atoms with Crippen molar-refractivity contribution in [2.75, 3.05) is 14.2 Å². The number of ether oxygens (including phenoxy) is 4. The minimum absolute atomic E-state index is 0.173. The number of hydrogen-bond acceptors (Lipinski definition) is 8. The third-order valence-electron chi connectivity index (χ3n) is 5.72. The van der Waals surface area contributed by atoms with Crippen LogP contribution in [0.3, 0.4) is 0 Å². The summed E-state index contributed by atoms with van der Waals surface area (Å²) in [6, 6.07) is 29.3. The van der Waals surface area contributed by atoms with Crippen molar-refractivity contribution in [1.82, 2.24) is 0 Å². The molecule has 0 spiro atoms. The maximum absolute atomic E-state index is 12.0. The molecule has 0 fully saturated rings. The lowest BCUT2D eigenvalue weighted by molar-refractivity contribution is -0.150. The number of hydrogen-bond donors (Lipinski definition) is 1. The Hall–Kier alpha value is -3.99. The highest BCUT2D eigenvalue weighted by Gasteiger charge is 2.23. The lowest BCUT2D eigenvalue weighted by Crippen LogP contribution is -2.17. The Morgan fingerprint density at radius 2 is 1.19 bits per heavy atom. The molecule has 1 atom stereocenters. The molecule has 4 aromatic carbocycles. The van der Waals surface area contributed by atoms with Crippen molar-refractivity contribution in [1.29, 1.82) is 0 Å². The van der Waals surface area contributed by atoms with Crippen LogP contribution in [0.4, 0.5) is 0 Å². The van der Waals surface area contributed by atoms with E-state index < -0.39 is 23.8 Å². The summed E-state index contributed by atoms with van der Waals surface area (Å²) in [7, 11) is 2.40. The summed E-state index contributed by atoms with van der Waals surface area (Å²) < 4.78 is 21.8.